The van der Waals surface area contributed by atoms with E-state index in [4.69, 9.17) is 4.74 Å². The zero-order valence-corrected chi connectivity index (χ0v) is 15.7. The van der Waals surface area contributed by atoms with E-state index < -0.39 is 0 Å². The van der Waals surface area contributed by atoms with E-state index in [1.54, 1.807) is 0 Å². The number of likely N-dealkylation sites (tertiary alicyclic amines) is 1. The van der Waals surface area contributed by atoms with Crippen LogP contribution in [0.1, 0.15) is 24.8 Å². The molecule has 26 heavy (non-hydrogen) atoms. The lowest BCUT2D eigenvalue weighted by Crippen LogP contribution is -2.42. The van der Waals surface area contributed by atoms with Gasteiger partial charge in [0.2, 0.25) is 0 Å². The molecule has 140 valence electrons. The molecule has 1 saturated carbocycles. The fourth-order valence-corrected chi connectivity index (χ4v) is 3.81. The van der Waals surface area contributed by atoms with Crippen molar-refractivity contribution in [2.24, 2.45) is 10.9 Å². The van der Waals surface area contributed by atoms with Gasteiger partial charge in [-0.3, -0.25) is 9.89 Å². The fraction of sp³-hybridized carbons (Fsp3) is 0.571. The number of nitrogens with zero attached hydrogens (tertiary/aromatic N) is 3. The molecular weight excluding hydrogens is 324 g/mol. The van der Waals surface area contributed by atoms with Gasteiger partial charge in [0.25, 0.3) is 0 Å². The van der Waals surface area contributed by atoms with Gasteiger partial charge in [-0.15, -0.1) is 0 Å². The summed E-state index contributed by atoms with van der Waals surface area (Å²) in [7, 11) is 1.88. The Bertz CT molecular complexity index is 660. The molecule has 3 aliphatic rings. The summed E-state index contributed by atoms with van der Waals surface area (Å²) in [5.74, 6) is 2.77. The highest BCUT2D eigenvalue weighted by molar-refractivity contribution is 5.80. The highest BCUT2D eigenvalue weighted by Gasteiger charge is 2.29. The van der Waals surface area contributed by atoms with E-state index in [-0.39, 0.29) is 0 Å². The van der Waals surface area contributed by atoms with Gasteiger partial charge in [0.1, 0.15) is 5.75 Å². The molecule has 0 bridgehead atoms. The predicted molar refractivity (Wildman–Crippen MR) is 106 cm³/mol. The summed E-state index contributed by atoms with van der Waals surface area (Å²) in [5, 5.41) is 3.54. The first-order chi connectivity index (χ1) is 12.8. The standard InChI is InChI=1S/C21H30N4O/c1-22-21(25-13-10-19(15-25)24-11-4-5-12-24)23-14-18-6-2-3-7-20(18)26-16-17-8-9-17/h2-7,17,19H,8-16H2,1H3,(H,22,23). The first-order valence-electron chi connectivity index (χ1n) is 9.89. The van der Waals surface area contributed by atoms with Crippen molar-refractivity contribution in [3.05, 3.63) is 42.0 Å². The van der Waals surface area contributed by atoms with Crippen LogP contribution in [0.5, 0.6) is 5.75 Å². The van der Waals surface area contributed by atoms with Crippen LogP contribution < -0.4 is 10.1 Å². The van der Waals surface area contributed by atoms with Gasteiger partial charge in [-0.1, -0.05) is 30.4 Å². The number of hydrogen-bond donors (Lipinski definition) is 1. The number of hydrogen-bond acceptors (Lipinski definition) is 3. The van der Waals surface area contributed by atoms with Crippen LogP contribution in [0.4, 0.5) is 0 Å². The number of guanidine groups is 1. The van der Waals surface area contributed by atoms with Crippen molar-refractivity contribution < 1.29 is 4.74 Å². The number of para-hydroxylation sites is 1. The van der Waals surface area contributed by atoms with Gasteiger partial charge in [-0.2, -0.15) is 0 Å². The van der Waals surface area contributed by atoms with Crippen molar-refractivity contribution in [3.63, 3.8) is 0 Å². The molecule has 1 N–H and O–H groups in total. The molecule has 0 amide bonds. The van der Waals surface area contributed by atoms with Gasteiger partial charge in [-0.05, 0) is 31.2 Å². The molecule has 1 atom stereocenters. The Labute approximate surface area is 156 Å². The van der Waals surface area contributed by atoms with Crippen molar-refractivity contribution in [2.75, 3.05) is 39.8 Å². The van der Waals surface area contributed by atoms with Crippen LogP contribution in [-0.2, 0) is 6.54 Å². The first-order valence-corrected chi connectivity index (χ1v) is 9.89. The maximum absolute atomic E-state index is 6.03. The Morgan fingerprint density at radius 3 is 2.77 bits per heavy atom. The van der Waals surface area contributed by atoms with Crippen LogP contribution in [0.25, 0.3) is 0 Å². The van der Waals surface area contributed by atoms with E-state index in [0.29, 0.717) is 6.04 Å². The predicted octanol–water partition coefficient (Wildman–Crippen LogP) is 2.50. The molecule has 1 aromatic carbocycles. The minimum Gasteiger partial charge on any atom is -0.493 e. The lowest BCUT2D eigenvalue weighted by molar-refractivity contribution is 0.259. The zero-order chi connectivity index (χ0) is 17.8. The van der Waals surface area contributed by atoms with Crippen molar-refractivity contribution in [1.29, 1.82) is 0 Å². The highest BCUT2D eigenvalue weighted by Crippen LogP contribution is 2.30. The van der Waals surface area contributed by atoms with E-state index >= 15 is 0 Å². The summed E-state index contributed by atoms with van der Waals surface area (Å²) in [6, 6.07) is 8.99. The molecule has 1 unspecified atom stereocenters. The minimum atomic E-state index is 0.637. The fourth-order valence-electron chi connectivity index (χ4n) is 3.81. The van der Waals surface area contributed by atoms with E-state index in [1.165, 1.54) is 24.8 Å². The van der Waals surface area contributed by atoms with E-state index in [1.807, 2.05) is 7.05 Å². The number of aliphatic imine (C=N–C) groups is 1. The molecule has 5 nitrogen and oxygen atoms in total. The Morgan fingerprint density at radius 1 is 1.19 bits per heavy atom. The van der Waals surface area contributed by atoms with Crippen LogP contribution in [0.15, 0.2) is 41.4 Å². The van der Waals surface area contributed by atoms with Gasteiger partial charge in [0.15, 0.2) is 5.96 Å². The molecule has 2 aliphatic heterocycles. The third-order valence-electron chi connectivity index (χ3n) is 5.62. The van der Waals surface area contributed by atoms with E-state index in [9.17, 15) is 0 Å². The third kappa shape index (κ3) is 4.21. The van der Waals surface area contributed by atoms with Crippen LogP contribution >= 0.6 is 0 Å². The van der Waals surface area contributed by atoms with Crippen molar-refractivity contribution >= 4 is 5.96 Å². The van der Waals surface area contributed by atoms with Crippen LogP contribution in [0.3, 0.4) is 0 Å². The molecule has 5 heteroatoms. The van der Waals surface area contributed by atoms with E-state index in [2.05, 4.69) is 56.5 Å². The minimum absolute atomic E-state index is 0.637. The Hall–Kier alpha value is -2.01. The Balaban J connectivity index is 1.31. The van der Waals surface area contributed by atoms with Gasteiger partial charge < -0.3 is 15.0 Å². The lowest BCUT2D eigenvalue weighted by Gasteiger charge is -2.25. The second kappa shape index (κ2) is 8.12. The molecule has 2 fully saturated rings. The van der Waals surface area contributed by atoms with Gasteiger partial charge in [-0.25, -0.2) is 0 Å². The molecule has 1 aliphatic carbocycles. The SMILES string of the molecule is CN=C(NCc1ccccc1OCC1CC1)N1CCC(N2CC=CC2)C1. The summed E-state index contributed by atoms with van der Waals surface area (Å²) >= 11 is 0. The second-order valence-corrected chi connectivity index (χ2v) is 7.58. The molecule has 1 saturated heterocycles. The van der Waals surface area contributed by atoms with Gasteiger partial charge >= 0.3 is 0 Å². The molecule has 0 spiro atoms. The summed E-state index contributed by atoms with van der Waals surface area (Å²) < 4.78 is 6.03. The van der Waals surface area contributed by atoms with Gasteiger partial charge in [0, 0.05) is 51.4 Å². The molecule has 0 radical (unpaired) electrons. The molecule has 2 heterocycles. The first kappa shape index (κ1) is 17.4. The Morgan fingerprint density at radius 2 is 2.00 bits per heavy atom. The summed E-state index contributed by atoms with van der Waals surface area (Å²) in [5.41, 5.74) is 1.20. The average molecular weight is 354 g/mol. The third-order valence-corrected chi connectivity index (χ3v) is 5.62. The van der Waals surface area contributed by atoms with Crippen LogP contribution in [-0.4, -0.2) is 61.6 Å². The van der Waals surface area contributed by atoms with Gasteiger partial charge in [0.05, 0.1) is 6.61 Å². The number of ether oxygens (including phenoxy) is 1. The molecule has 0 aromatic heterocycles. The smallest absolute Gasteiger partial charge is 0.193 e. The highest BCUT2D eigenvalue weighted by atomic mass is 16.5. The molecule has 1 aromatic rings. The monoisotopic (exact) mass is 354 g/mol. The average Bonchev–Trinajstić information content (AvgIpc) is 3.12. The Kier molecular flexibility index (Phi) is 5.44. The summed E-state index contributed by atoms with van der Waals surface area (Å²) in [4.78, 5) is 9.45. The number of nitrogens with one attached hydrogen (secondary N) is 1. The largest absolute Gasteiger partial charge is 0.493 e. The van der Waals surface area contributed by atoms with Crippen LogP contribution in [0.2, 0.25) is 0 Å². The maximum Gasteiger partial charge on any atom is 0.193 e. The molecular formula is C21H30N4O. The second-order valence-electron chi connectivity index (χ2n) is 7.58. The number of rotatable bonds is 6. The summed E-state index contributed by atoms with van der Waals surface area (Å²) in [6.07, 6.45) is 8.39. The van der Waals surface area contributed by atoms with Crippen molar-refractivity contribution in [2.45, 2.75) is 31.8 Å². The van der Waals surface area contributed by atoms with Crippen molar-refractivity contribution in [1.82, 2.24) is 15.1 Å². The normalized spacial score (nSPS) is 23.7. The topological polar surface area (TPSA) is 40.1 Å². The summed E-state index contributed by atoms with van der Waals surface area (Å²) in [6.45, 7) is 5.91. The zero-order valence-electron chi connectivity index (χ0n) is 15.7. The van der Waals surface area contributed by atoms with Crippen LogP contribution in [0, 0.1) is 5.92 Å². The quantitative estimate of drug-likeness (QED) is 0.484. The van der Waals surface area contributed by atoms with E-state index in [0.717, 1.165) is 57.0 Å². The maximum atomic E-state index is 6.03. The lowest BCUT2D eigenvalue weighted by atomic mass is 10.2. The van der Waals surface area contributed by atoms with Crippen molar-refractivity contribution in [3.8, 4) is 5.75 Å². The number of benzene rings is 1. The molecule has 4 rings (SSSR count).